The molecule has 2 unspecified atom stereocenters. The highest BCUT2D eigenvalue weighted by atomic mass is 16.2. The monoisotopic (exact) mass is 340 g/mol. The minimum Gasteiger partial charge on any atom is -0.348 e. The number of nitrogens with one attached hydrogen (secondary N) is 1. The molecule has 1 aliphatic carbocycles. The first-order chi connectivity index (χ1) is 12.1. The average molecular weight is 340 g/mol. The summed E-state index contributed by atoms with van der Waals surface area (Å²) in [5.74, 6) is 0.514. The maximum Gasteiger partial charge on any atom is 0.273 e. The lowest BCUT2D eigenvalue weighted by Gasteiger charge is -2.20. The number of aromatic nitrogens is 3. The van der Waals surface area contributed by atoms with Crippen molar-refractivity contribution in [3.05, 3.63) is 41.2 Å². The van der Waals surface area contributed by atoms with Gasteiger partial charge in [-0.1, -0.05) is 49.1 Å². The molecule has 2 aromatic rings. The van der Waals surface area contributed by atoms with Crippen LogP contribution in [0.3, 0.4) is 0 Å². The second-order valence-corrected chi connectivity index (χ2v) is 7.18. The maximum absolute atomic E-state index is 12.7. The molecule has 0 radical (unpaired) electrons. The second kappa shape index (κ2) is 7.81. The van der Waals surface area contributed by atoms with Gasteiger partial charge in [-0.25, -0.2) is 4.68 Å². The normalized spacial score (nSPS) is 20.0. The van der Waals surface area contributed by atoms with Gasteiger partial charge in [0.05, 0.1) is 11.4 Å². The molecule has 5 heteroatoms. The SMILES string of the molecule is CCCCC1CCCC1NC(=O)c1nnn(-c2ccc(C)cc2)c1C. The van der Waals surface area contributed by atoms with Crippen LogP contribution in [0.1, 0.15) is 67.2 Å². The lowest BCUT2D eigenvalue weighted by molar-refractivity contribution is 0.0920. The minimum absolute atomic E-state index is 0.0933. The van der Waals surface area contributed by atoms with E-state index in [1.165, 1.54) is 37.7 Å². The molecule has 2 atom stereocenters. The number of carbonyl (C=O) groups is 1. The molecule has 5 nitrogen and oxygen atoms in total. The van der Waals surface area contributed by atoms with Crippen LogP contribution in [0.25, 0.3) is 5.69 Å². The first-order valence-corrected chi connectivity index (χ1v) is 9.40. The molecular formula is C20H28N4O. The zero-order chi connectivity index (χ0) is 17.8. The van der Waals surface area contributed by atoms with E-state index in [0.29, 0.717) is 11.6 Å². The Labute approximate surface area is 149 Å². The summed E-state index contributed by atoms with van der Waals surface area (Å²) < 4.78 is 1.73. The topological polar surface area (TPSA) is 59.8 Å². The third-order valence-electron chi connectivity index (χ3n) is 5.29. The van der Waals surface area contributed by atoms with Gasteiger partial charge in [0.2, 0.25) is 0 Å². The second-order valence-electron chi connectivity index (χ2n) is 7.18. The van der Waals surface area contributed by atoms with Crippen LogP contribution in [-0.4, -0.2) is 26.9 Å². The van der Waals surface area contributed by atoms with Gasteiger partial charge in [-0.15, -0.1) is 5.10 Å². The van der Waals surface area contributed by atoms with Crippen molar-refractivity contribution in [3.63, 3.8) is 0 Å². The predicted octanol–water partition coefficient (Wildman–Crippen LogP) is 3.97. The maximum atomic E-state index is 12.7. The molecule has 0 aliphatic heterocycles. The van der Waals surface area contributed by atoms with Gasteiger partial charge < -0.3 is 5.32 Å². The summed E-state index contributed by atoms with van der Waals surface area (Å²) in [6.07, 6.45) is 7.15. The highest BCUT2D eigenvalue weighted by Crippen LogP contribution is 2.30. The van der Waals surface area contributed by atoms with Crippen LogP contribution < -0.4 is 5.32 Å². The van der Waals surface area contributed by atoms with E-state index in [0.717, 1.165) is 17.8 Å². The van der Waals surface area contributed by atoms with E-state index in [1.807, 2.05) is 38.1 Å². The molecular weight excluding hydrogens is 312 g/mol. The van der Waals surface area contributed by atoms with E-state index in [-0.39, 0.29) is 11.9 Å². The van der Waals surface area contributed by atoms with E-state index in [9.17, 15) is 4.79 Å². The molecule has 1 aromatic heterocycles. The molecule has 1 aromatic carbocycles. The third kappa shape index (κ3) is 3.91. The van der Waals surface area contributed by atoms with E-state index in [1.54, 1.807) is 4.68 Å². The predicted molar refractivity (Wildman–Crippen MR) is 99.0 cm³/mol. The molecule has 134 valence electrons. The Bertz CT molecular complexity index is 720. The standard InChI is InChI=1S/C20H28N4O/c1-4-5-7-16-8-6-9-18(16)21-20(25)19-15(3)24(23-22-19)17-12-10-14(2)11-13-17/h10-13,16,18H,4-9H2,1-3H3,(H,21,25). The Morgan fingerprint density at radius 2 is 2.00 bits per heavy atom. The van der Waals surface area contributed by atoms with Crippen molar-refractivity contribution < 1.29 is 4.79 Å². The van der Waals surface area contributed by atoms with Crippen LogP contribution in [0, 0.1) is 19.8 Å². The van der Waals surface area contributed by atoms with E-state index >= 15 is 0 Å². The van der Waals surface area contributed by atoms with Gasteiger partial charge in [-0.2, -0.15) is 0 Å². The number of benzene rings is 1. The summed E-state index contributed by atoms with van der Waals surface area (Å²) in [7, 11) is 0. The van der Waals surface area contributed by atoms with Gasteiger partial charge in [0.1, 0.15) is 0 Å². The molecule has 1 fully saturated rings. The van der Waals surface area contributed by atoms with Crippen LogP contribution in [-0.2, 0) is 0 Å². The fraction of sp³-hybridized carbons (Fsp3) is 0.550. The Hall–Kier alpha value is -2.17. The van der Waals surface area contributed by atoms with E-state index in [2.05, 4.69) is 22.6 Å². The van der Waals surface area contributed by atoms with Gasteiger partial charge in [0, 0.05) is 6.04 Å². The van der Waals surface area contributed by atoms with Crippen molar-refractivity contribution in [1.82, 2.24) is 20.3 Å². The summed E-state index contributed by atoms with van der Waals surface area (Å²) >= 11 is 0. The highest BCUT2D eigenvalue weighted by Gasteiger charge is 2.29. The summed E-state index contributed by atoms with van der Waals surface area (Å²) in [6.45, 7) is 6.17. The van der Waals surface area contributed by atoms with Crippen molar-refractivity contribution in [3.8, 4) is 5.69 Å². The smallest absolute Gasteiger partial charge is 0.273 e. The lowest BCUT2D eigenvalue weighted by Crippen LogP contribution is -2.37. The number of hydrogen-bond acceptors (Lipinski definition) is 3. The Balaban J connectivity index is 1.71. The zero-order valence-electron chi connectivity index (χ0n) is 15.5. The molecule has 0 spiro atoms. The van der Waals surface area contributed by atoms with Crippen molar-refractivity contribution in [2.75, 3.05) is 0 Å². The summed E-state index contributed by atoms with van der Waals surface area (Å²) in [4.78, 5) is 12.7. The van der Waals surface area contributed by atoms with Gasteiger partial charge in [-0.3, -0.25) is 4.79 Å². The Morgan fingerprint density at radius 3 is 2.72 bits per heavy atom. The number of rotatable bonds is 6. The number of carbonyl (C=O) groups excluding carboxylic acids is 1. The van der Waals surface area contributed by atoms with Crippen LogP contribution in [0.15, 0.2) is 24.3 Å². The zero-order valence-corrected chi connectivity index (χ0v) is 15.5. The van der Waals surface area contributed by atoms with Gasteiger partial charge in [0.25, 0.3) is 5.91 Å². The van der Waals surface area contributed by atoms with E-state index in [4.69, 9.17) is 0 Å². The first-order valence-electron chi connectivity index (χ1n) is 9.40. The molecule has 1 amide bonds. The van der Waals surface area contributed by atoms with Crippen LogP contribution in [0.2, 0.25) is 0 Å². The molecule has 3 rings (SSSR count). The molecule has 1 saturated carbocycles. The third-order valence-corrected chi connectivity index (χ3v) is 5.29. The van der Waals surface area contributed by atoms with Crippen molar-refractivity contribution in [2.24, 2.45) is 5.92 Å². The number of nitrogens with zero attached hydrogens (tertiary/aromatic N) is 3. The molecule has 25 heavy (non-hydrogen) atoms. The quantitative estimate of drug-likeness (QED) is 0.865. The summed E-state index contributed by atoms with van der Waals surface area (Å²) in [5.41, 5.74) is 3.33. The van der Waals surface area contributed by atoms with Gasteiger partial charge in [-0.05, 0) is 51.2 Å². The first kappa shape index (κ1) is 17.6. The molecule has 1 aliphatic rings. The lowest BCUT2D eigenvalue weighted by atomic mass is 9.96. The Kier molecular flexibility index (Phi) is 5.51. The van der Waals surface area contributed by atoms with Crippen molar-refractivity contribution >= 4 is 5.91 Å². The van der Waals surface area contributed by atoms with Crippen molar-refractivity contribution in [1.29, 1.82) is 0 Å². The number of hydrogen-bond donors (Lipinski definition) is 1. The molecule has 0 saturated heterocycles. The molecule has 1 N–H and O–H groups in total. The number of unbranched alkanes of at least 4 members (excludes halogenated alkanes) is 1. The minimum atomic E-state index is -0.0933. The fourth-order valence-corrected chi connectivity index (χ4v) is 3.75. The molecule has 1 heterocycles. The van der Waals surface area contributed by atoms with Gasteiger partial charge in [0.15, 0.2) is 5.69 Å². The average Bonchev–Trinajstić information content (AvgIpc) is 3.20. The van der Waals surface area contributed by atoms with Crippen LogP contribution in [0.5, 0.6) is 0 Å². The Morgan fingerprint density at radius 1 is 1.24 bits per heavy atom. The highest BCUT2D eigenvalue weighted by molar-refractivity contribution is 5.93. The summed E-state index contributed by atoms with van der Waals surface area (Å²) in [5, 5.41) is 11.5. The largest absolute Gasteiger partial charge is 0.348 e. The fourth-order valence-electron chi connectivity index (χ4n) is 3.75. The van der Waals surface area contributed by atoms with Crippen molar-refractivity contribution in [2.45, 2.75) is 65.3 Å². The number of amides is 1. The van der Waals surface area contributed by atoms with Crippen LogP contribution >= 0.6 is 0 Å². The van der Waals surface area contributed by atoms with Gasteiger partial charge >= 0.3 is 0 Å². The summed E-state index contributed by atoms with van der Waals surface area (Å²) in [6, 6.07) is 8.34. The van der Waals surface area contributed by atoms with Crippen LogP contribution in [0.4, 0.5) is 0 Å². The van der Waals surface area contributed by atoms with E-state index < -0.39 is 0 Å². The molecule has 0 bridgehead atoms. The number of aryl methyl sites for hydroxylation is 1.